The van der Waals surface area contributed by atoms with Crippen molar-refractivity contribution in [1.29, 1.82) is 0 Å². The summed E-state index contributed by atoms with van der Waals surface area (Å²) < 4.78 is 0. The summed E-state index contributed by atoms with van der Waals surface area (Å²) in [4.78, 5) is 0. The van der Waals surface area contributed by atoms with Crippen LogP contribution in [0.5, 0.6) is 5.75 Å². The van der Waals surface area contributed by atoms with E-state index in [0.29, 0.717) is 0 Å². The summed E-state index contributed by atoms with van der Waals surface area (Å²) in [5, 5.41) is 15.8. The minimum Gasteiger partial charge on any atom is -0.507 e. The van der Waals surface area contributed by atoms with Crippen molar-refractivity contribution in [2.45, 2.75) is 0 Å². The van der Waals surface area contributed by atoms with E-state index in [9.17, 15) is 5.11 Å². The summed E-state index contributed by atoms with van der Waals surface area (Å²) in [6, 6.07) is 52.8. The Kier molecular flexibility index (Phi) is 5.68. The van der Waals surface area contributed by atoms with Crippen LogP contribution in [0, 0.1) is 0 Å². The number of hydrogen-bond acceptors (Lipinski definition) is 1. The van der Waals surface area contributed by atoms with Gasteiger partial charge in [0.2, 0.25) is 0 Å². The summed E-state index contributed by atoms with van der Waals surface area (Å²) in [5.74, 6) is 0.286. The lowest BCUT2D eigenvalue weighted by Crippen LogP contribution is -1.92. The second-order valence-electron chi connectivity index (χ2n) is 9.92. The predicted octanol–water partition coefficient (Wildman–Crippen LogP) is 10.4. The minimum atomic E-state index is 0.286. The van der Waals surface area contributed by atoms with Crippen LogP contribution in [-0.4, -0.2) is 5.11 Å². The van der Waals surface area contributed by atoms with Gasteiger partial charge in [0.1, 0.15) is 5.75 Å². The van der Waals surface area contributed by atoms with Crippen molar-refractivity contribution >= 4 is 21.5 Å². The smallest absolute Gasteiger partial charge is 0.124 e. The molecule has 0 saturated heterocycles. The van der Waals surface area contributed by atoms with Crippen LogP contribution in [0.15, 0.2) is 152 Å². The number of benzene rings is 7. The monoisotopic (exact) mass is 498 g/mol. The molecule has 0 heterocycles. The summed E-state index contributed by atoms with van der Waals surface area (Å²) >= 11 is 0. The van der Waals surface area contributed by atoms with Gasteiger partial charge in [0.15, 0.2) is 0 Å². The second kappa shape index (κ2) is 9.63. The molecule has 1 N–H and O–H groups in total. The Balaban J connectivity index is 1.58. The van der Waals surface area contributed by atoms with Gasteiger partial charge < -0.3 is 5.11 Å². The molecule has 0 unspecified atom stereocenters. The third-order valence-electron chi connectivity index (χ3n) is 7.54. The molecule has 184 valence electrons. The fraction of sp³-hybridized carbons (Fsp3) is 0. The van der Waals surface area contributed by atoms with E-state index in [4.69, 9.17) is 0 Å². The minimum absolute atomic E-state index is 0.286. The molecule has 7 rings (SSSR count). The van der Waals surface area contributed by atoms with Gasteiger partial charge in [0.05, 0.1) is 0 Å². The number of phenols is 1. The Bertz CT molecular complexity index is 1900. The van der Waals surface area contributed by atoms with Crippen molar-refractivity contribution in [1.82, 2.24) is 0 Å². The molecule has 1 nitrogen and oxygen atoms in total. The van der Waals surface area contributed by atoms with E-state index in [-0.39, 0.29) is 5.75 Å². The first-order valence-electron chi connectivity index (χ1n) is 13.3. The van der Waals surface area contributed by atoms with E-state index in [1.165, 1.54) is 11.1 Å². The first kappa shape index (κ1) is 23.0. The van der Waals surface area contributed by atoms with E-state index in [1.54, 1.807) is 0 Å². The maximum atomic E-state index is 11.4. The fourth-order valence-corrected chi connectivity index (χ4v) is 5.68. The van der Waals surface area contributed by atoms with Crippen LogP contribution in [0.4, 0.5) is 0 Å². The van der Waals surface area contributed by atoms with E-state index < -0.39 is 0 Å². The Morgan fingerprint density at radius 2 is 0.795 bits per heavy atom. The molecule has 0 amide bonds. The van der Waals surface area contributed by atoms with Gasteiger partial charge in [-0.05, 0) is 79.2 Å². The highest BCUT2D eigenvalue weighted by molar-refractivity contribution is 6.12. The van der Waals surface area contributed by atoms with Crippen molar-refractivity contribution in [2.24, 2.45) is 0 Å². The topological polar surface area (TPSA) is 20.2 Å². The zero-order chi connectivity index (χ0) is 26.2. The van der Waals surface area contributed by atoms with Crippen LogP contribution < -0.4 is 0 Å². The molecule has 7 aromatic rings. The van der Waals surface area contributed by atoms with Gasteiger partial charge >= 0.3 is 0 Å². The molecule has 0 atom stereocenters. The highest BCUT2D eigenvalue weighted by atomic mass is 16.3. The third-order valence-corrected chi connectivity index (χ3v) is 7.54. The molecule has 0 bridgehead atoms. The van der Waals surface area contributed by atoms with Crippen LogP contribution >= 0.6 is 0 Å². The fourth-order valence-electron chi connectivity index (χ4n) is 5.68. The Morgan fingerprint density at radius 3 is 1.38 bits per heavy atom. The summed E-state index contributed by atoms with van der Waals surface area (Å²) in [5.41, 5.74) is 8.79. The van der Waals surface area contributed by atoms with Crippen LogP contribution in [0.2, 0.25) is 0 Å². The standard InChI is InChI=1S/C38H26O/c39-36-22-20-29-16-8-10-18-34(29)38(36)37-33-17-9-7-15-28(33)19-21-35(37)32-24-30(26-11-3-1-4-12-26)23-31(25-32)27-13-5-2-6-14-27/h1-25,39H. The largest absolute Gasteiger partial charge is 0.507 e. The lowest BCUT2D eigenvalue weighted by Gasteiger charge is -2.19. The third kappa shape index (κ3) is 4.15. The zero-order valence-corrected chi connectivity index (χ0v) is 21.4. The number of rotatable bonds is 4. The maximum Gasteiger partial charge on any atom is 0.124 e. The highest BCUT2D eigenvalue weighted by Crippen LogP contribution is 2.46. The molecule has 0 saturated carbocycles. The second-order valence-corrected chi connectivity index (χ2v) is 9.92. The Morgan fingerprint density at radius 1 is 0.333 bits per heavy atom. The molecule has 0 aliphatic carbocycles. The number of hydrogen-bond donors (Lipinski definition) is 1. The van der Waals surface area contributed by atoms with Gasteiger partial charge in [-0.15, -0.1) is 0 Å². The van der Waals surface area contributed by atoms with Gasteiger partial charge in [0.25, 0.3) is 0 Å². The lowest BCUT2D eigenvalue weighted by molar-refractivity contribution is 0.478. The molecule has 39 heavy (non-hydrogen) atoms. The molecular weight excluding hydrogens is 472 g/mol. The van der Waals surface area contributed by atoms with Crippen LogP contribution in [0.3, 0.4) is 0 Å². The molecule has 0 aliphatic heterocycles. The molecule has 0 fully saturated rings. The maximum absolute atomic E-state index is 11.4. The van der Waals surface area contributed by atoms with E-state index >= 15 is 0 Å². The van der Waals surface area contributed by atoms with Crippen molar-refractivity contribution in [3.8, 4) is 50.3 Å². The van der Waals surface area contributed by atoms with Gasteiger partial charge in [-0.25, -0.2) is 0 Å². The highest BCUT2D eigenvalue weighted by Gasteiger charge is 2.19. The Hall–Kier alpha value is -5.14. The molecule has 0 aliphatic rings. The summed E-state index contributed by atoms with van der Waals surface area (Å²) in [7, 11) is 0. The molecular formula is C38H26O. The normalized spacial score (nSPS) is 11.2. The molecule has 0 radical (unpaired) electrons. The average molecular weight is 499 g/mol. The van der Waals surface area contributed by atoms with E-state index in [0.717, 1.165) is 54.9 Å². The number of fused-ring (bicyclic) bond motifs is 2. The van der Waals surface area contributed by atoms with Crippen molar-refractivity contribution in [2.75, 3.05) is 0 Å². The van der Waals surface area contributed by atoms with Crippen molar-refractivity contribution < 1.29 is 5.11 Å². The molecule has 7 aromatic carbocycles. The number of phenolic OH excluding ortho intramolecular Hbond substituents is 1. The van der Waals surface area contributed by atoms with Gasteiger partial charge in [0, 0.05) is 11.1 Å². The van der Waals surface area contributed by atoms with Crippen LogP contribution in [0.25, 0.3) is 66.1 Å². The SMILES string of the molecule is Oc1ccc2ccccc2c1-c1c(-c2cc(-c3ccccc3)cc(-c3ccccc3)c2)ccc2ccccc12. The number of aromatic hydroxyl groups is 1. The van der Waals surface area contributed by atoms with Crippen LogP contribution in [-0.2, 0) is 0 Å². The molecule has 1 heteroatoms. The van der Waals surface area contributed by atoms with Crippen molar-refractivity contribution in [3.63, 3.8) is 0 Å². The predicted molar refractivity (Wildman–Crippen MR) is 165 cm³/mol. The summed E-state index contributed by atoms with van der Waals surface area (Å²) in [6.07, 6.45) is 0. The first-order chi connectivity index (χ1) is 19.3. The summed E-state index contributed by atoms with van der Waals surface area (Å²) in [6.45, 7) is 0. The van der Waals surface area contributed by atoms with Crippen LogP contribution in [0.1, 0.15) is 0 Å². The van der Waals surface area contributed by atoms with Gasteiger partial charge in [-0.1, -0.05) is 127 Å². The first-order valence-corrected chi connectivity index (χ1v) is 13.3. The molecule has 0 aromatic heterocycles. The van der Waals surface area contributed by atoms with E-state index in [1.807, 2.05) is 24.3 Å². The van der Waals surface area contributed by atoms with Gasteiger partial charge in [-0.2, -0.15) is 0 Å². The van der Waals surface area contributed by atoms with E-state index in [2.05, 4.69) is 127 Å². The quantitative estimate of drug-likeness (QED) is 0.256. The zero-order valence-electron chi connectivity index (χ0n) is 21.4. The van der Waals surface area contributed by atoms with Gasteiger partial charge in [-0.3, -0.25) is 0 Å². The molecule has 0 spiro atoms. The Labute approximate surface area is 228 Å². The lowest BCUT2D eigenvalue weighted by atomic mass is 9.85. The average Bonchev–Trinajstić information content (AvgIpc) is 3.01. The van der Waals surface area contributed by atoms with Crippen molar-refractivity contribution in [3.05, 3.63) is 152 Å².